The highest BCUT2D eigenvalue weighted by atomic mass is 16.6. The Morgan fingerprint density at radius 1 is 0.810 bits per heavy atom. The zero-order valence-electron chi connectivity index (χ0n) is 36.5. The average molecular weight is 866 g/mol. The Morgan fingerprint density at radius 2 is 1.40 bits per heavy atom. The fourth-order valence-electron chi connectivity index (χ4n) is 10.9. The van der Waals surface area contributed by atoms with E-state index in [2.05, 4.69) is 5.32 Å². The molecule has 3 saturated carbocycles. The van der Waals surface area contributed by atoms with E-state index in [4.69, 9.17) is 23.7 Å². The van der Waals surface area contributed by atoms with Crippen molar-refractivity contribution in [3.05, 3.63) is 119 Å². The van der Waals surface area contributed by atoms with Crippen LogP contribution in [0.4, 0.5) is 0 Å². The molecule has 0 aromatic heterocycles. The Bertz CT molecular complexity index is 2300. The number of carbonyl (C=O) groups is 6. The Hall–Kier alpha value is -5.70. The summed E-state index contributed by atoms with van der Waals surface area (Å²) in [5.41, 5.74) is -6.07. The van der Waals surface area contributed by atoms with Crippen molar-refractivity contribution in [2.45, 2.75) is 115 Å². The van der Waals surface area contributed by atoms with Gasteiger partial charge in [0.05, 0.1) is 29.0 Å². The highest BCUT2D eigenvalue weighted by Crippen LogP contribution is 2.67. The highest BCUT2D eigenvalue weighted by molar-refractivity contribution is 5.96. The van der Waals surface area contributed by atoms with Gasteiger partial charge in [-0.15, -0.1) is 0 Å². The number of benzene rings is 3. The first-order chi connectivity index (χ1) is 29.8. The first kappa shape index (κ1) is 45.3. The highest BCUT2D eigenvalue weighted by Gasteiger charge is 2.77. The van der Waals surface area contributed by atoms with E-state index < -0.39 is 112 Å². The van der Waals surface area contributed by atoms with Crippen LogP contribution >= 0.6 is 0 Å². The molecule has 0 unspecified atom stereocenters. The van der Waals surface area contributed by atoms with Crippen LogP contribution in [0.2, 0.25) is 0 Å². The van der Waals surface area contributed by atoms with Crippen molar-refractivity contribution in [3.63, 3.8) is 0 Å². The number of fused-ring (bicyclic) bond motifs is 5. The minimum atomic E-state index is -2.30. The third-order valence-electron chi connectivity index (χ3n) is 14.3. The number of rotatable bonds is 11. The van der Waals surface area contributed by atoms with E-state index in [-0.39, 0.29) is 29.6 Å². The maximum atomic E-state index is 15.6. The second-order valence-electron chi connectivity index (χ2n) is 18.0. The summed E-state index contributed by atoms with van der Waals surface area (Å²) in [6.45, 7) is 8.67. The van der Waals surface area contributed by atoms with Gasteiger partial charge >= 0.3 is 23.9 Å². The molecule has 0 aliphatic heterocycles. The maximum absolute atomic E-state index is 15.6. The van der Waals surface area contributed by atoms with Gasteiger partial charge < -0.3 is 39.2 Å². The molecule has 7 rings (SSSR count). The Balaban J connectivity index is 1.40. The van der Waals surface area contributed by atoms with Crippen LogP contribution in [0.3, 0.4) is 0 Å². The summed E-state index contributed by atoms with van der Waals surface area (Å²) in [5, 5.41) is 28.9. The van der Waals surface area contributed by atoms with Crippen LogP contribution in [0.1, 0.15) is 99.5 Å². The minimum Gasteiger partial charge on any atom is -0.458 e. The molecule has 0 saturated heterocycles. The molecule has 4 aliphatic carbocycles. The lowest BCUT2D eigenvalue weighted by Gasteiger charge is -2.68. The van der Waals surface area contributed by atoms with Crippen molar-refractivity contribution in [1.29, 1.82) is 0 Å². The number of carbonyl (C=O) groups excluding carboxylic acids is 6. The van der Waals surface area contributed by atoms with Gasteiger partial charge in [0.25, 0.3) is 5.91 Å². The predicted molar refractivity (Wildman–Crippen MR) is 225 cm³/mol. The topological polar surface area (TPSA) is 201 Å². The van der Waals surface area contributed by atoms with Gasteiger partial charge in [-0.05, 0) is 74.1 Å². The van der Waals surface area contributed by atoms with Crippen LogP contribution in [0, 0.1) is 22.7 Å². The smallest absolute Gasteiger partial charge is 0.338 e. The number of nitrogens with one attached hydrogen (secondary N) is 1. The molecule has 334 valence electrons. The Morgan fingerprint density at radius 3 is 1.94 bits per heavy atom. The van der Waals surface area contributed by atoms with Crippen molar-refractivity contribution in [2.24, 2.45) is 22.7 Å². The van der Waals surface area contributed by atoms with E-state index >= 15 is 4.79 Å². The monoisotopic (exact) mass is 865 g/mol. The van der Waals surface area contributed by atoms with E-state index in [1.807, 2.05) is 0 Å². The van der Waals surface area contributed by atoms with Crippen molar-refractivity contribution in [3.8, 4) is 0 Å². The van der Waals surface area contributed by atoms with Gasteiger partial charge in [0.15, 0.2) is 18.0 Å². The van der Waals surface area contributed by atoms with E-state index in [0.717, 1.165) is 6.92 Å². The summed E-state index contributed by atoms with van der Waals surface area (Å²) < 4.78 is 30.8. The minimum absolute atomic E-state index is 0.0278. The first-order valence-corrected chi connectivity index (χ1v) is 21.2. The van der Waals surface area contributed by atoms with Crippen molar-refractivity contribution < 1.29 is 62.7 Å². The van der Waals surface area contributed by atoms with Crippen LogP contribution in [0.5, 0.6) is 0 Å². The lowest BCUT2D eigenvalue weighted by Crippen LogP contribution is -2.78. The Kier molecular flexibility index (Phi) is 12.3. The number of aliphatic hydroxyl groups excluding tert-OH is 1. The molecule has 1 amide bonds. The molecule has 3 aromatic rings. The van der Waals surface area contributed by atoms with E-state index in [9.17, 15) is 34.2 Å². The quantitative estimate of drug-likeness (QED) is 0.126. The number of aliphatic hydroxyl groups is 2. The molecule has 14 nitrogen and oxygen atoms in total. The largest absolute Gasteiger partial charge is 0.458 e. The van der Waals surface area contributed by atoms with Crippen molar-refractivity contribution in [2.75, 3.05) is 7.11 Å². The third-order valence-corrected chi connectivity index (χ3v) is 14.3. The second kappa shape index (κ2) is 17.1. The number of ether oxygens (including phenoxy) is 5. The van der Waals surface area contributed by atoms with Gasteiger partial charge in [0, 0.05) is 44.3 Å². The van der Waals surface area contributed by atoms with Gasteiger partial charge in [-0.2, -0.15) is 0 Å². The maximum Gasteiger partial charge on any atom is 0.338 e. The summed E-state index contributed by atoms with van der Waals surface area (Å²) >= 11 is 0. The van der Waals surface area contributed by atoms with Crippen LogP contribution in [-0.2, 0) is 42.9 Å². The number of hydrogen-bond donors (Lipinski definition) is 3. The lowest BCUT2D eigenvalue weighted by molar-refractivity contribution is -0.296. The number of hydrogen-bond acceptors (Lipinski definition) is 13. The van der Waals surface area contributed by atoms with E-state index in [1.165, 1.54) is 33.1 Å². The van der Waals surface area contributed by atoms with Crippen molar-refractivity contribution >= 4 is 35.6 Å². The van der Waals surface area contributed by atoms with E-state index in [1.54, 1.807) is 99.6 Å². The molecular weight excluding hydrogens is 811 g/mol. The average Bonchev–Trinajstić information content (AvgIpc) is 3.25. The molecular formula is C49H55NO13. The number of amides is 1. The van der Waals surface area contributed by atoms with Crippen LogP contribution < -0.4 is 5.32 Å². The molecule has 3 N–H and O–H groups in total. The van der Waals surface area contributed by atoms with E-state index in [0.29, 0.717) is 17.5 Å². The van der Waals surface area contributed by atoms with Crippen LogP contribution in [0.25, 0.3) is 0 Å². The molecule has 11 atom stereocenters. The molecule has 3 fully saturated rings. The fourth-order valence-corrected chi connectivity index (χ4v) is 10.9. The summed E-state index contributed by atoms with van der Waals surface area (Å²) in [7, 11) is 1.29. The molecule has 0 radical (unpaired) electrons. The normalized spacial score (nSPS) is 31.5. The zero-order chi connectivity index (χ0) is 45.6. The van der Waals surface area contributed by atoms with Gasteiger partial charge in [-0.3, -0.25) is 19.2 Å². The fraction of sp³-hybridized carbons (Fsp3) is 0.469. The first-order valence-electron chi connectivity index (χ1n) is 21.2. The molecule has 0 heterocycles. The molecule has 4 aliphatic rings. The van der Waals surface area contributed by atoms with Gasteiger partial charge in [-0.1, -0.05) is 80.6 Å². The van der Waals surface area contributed by atoms with Gasteiger partial charge in [0.2, 0.25) is 0 Å². The van der Waals surface area contributed by atoms with Crippen LogP contribution in [0.15, 0.2) is 102 Å². The standard InChI is InChI=1S/C49H55NO13/c1-27-34(61-45(57)39(59-7)37(30-17-11-8-12-18-30)50-43(55)31-19-13-9-14-20-31)26-49(58)42(62-44(56)32-21-15-10-16-22-32)40-47(6,35(53)25-33-23-24-48(33,40)63-29(3)52)41(54)38(60-28(2)51)36(27)46(49,4)5/h8-22,33-35,37-40,42,53,58H,23-26H2,1-7H3,(H,50,55)/t33-,34+,35+,37+,38-,39-,40+,42+,47-,48+,49-/m1/s1. The summed E-state index contributed by atoms with van der Waals surface area (Å²) in [6, 6.07) is 24.1. The van der Waals surface area contributed by atoms with Crippen LogP contribution in [-0.4, -0.2) is 94.6 Å². The van der Waals surface area contributed by atoms with Gasteiger partial charge in [-0.25, -0.2) is 9.59 Å². The molecule has 3 aromatic carbocycles. The number of Topliss-reactive ketones (excluding diaryl/α,β-unsaturated/α-hetero) is 1. The number of esters is 4. The zero-order valence-corrected chi connectivity index (χ0v) is 36.5. The summed E-state index contributed by atoms with van der Waals surface area (Å²) in [5.74, 6) is -6.53. The molecule has 14 heteroatoms. The third kappa shape index (κ3) is 7.65. The summed E-state index contributed by atoms with van der Waals surface area (Å²) in [4.78, 5) is 84.4. The summed E-state index contributed by atoms with van der Waals surface area (Å²) in [6.07, 6.45) is -7.45. The van der Waals surface area contributed by atoms with Crippen molar-refractivity contribution in [1.82, 2.24) is 5.32 Å². The molecule has 0 spiro atoms. The number of methoxy groups -OCH3 is 1. The number of ketones is 1. The Labute approximate surface area is 366 Å². The predicted octanol–water partition coefficient (Wildman–Crippen LogP) is 5.40. The lowest BCUT2D eigenvalue weighted by atomic mass is 9.41. The molecule has 63 heavy (non-hydrogen) atoms. The SMILES string of the molecule is CO[C@@H](C(=O)O[C@H]1C[C@@]2(O)[C@@H](OC(=O)c3ccccc3)[C@@H]3[C@]4(OC(C)=O)CC[C@@H]4C[C@H](O)[C@@]3(C)C(=O)[C@H](OC(C)=O)C(=C1C)C2(C)C)[C@@H](NC(=O)c1ccccc1)c1ccccc1. The second-order valence-corrected chi connectivity index (χ2v) is 18.0. The van der Waals surface area contributed by atoms with Gasteiger partial charge in [0.1, 0.15) is 23.4 Å². The molecule has 2 bridgehead atoms.